The summed E-state index contributed by atoms with van der Waals surface area (Å²) in [7, 11) is 1.89. The highest BCUT2D eigenvalue weighted by molar-refractivity contribution is 5.80. The van der Waals surface area contributed by atoms with Gasteiger partial charge in [0.05, 0.1) is 0 Å². The van der Waals surface area contributed by atoms with Crippen molar-refractivity contribution in [2.75, 3.05) is 20.1 Å². The van der Waals surface area contributed by atoms with Gasteiger partial charge in [0.15, 0.2) is 5.96 Å². The predicted octanol–water partition coefficient (Wildman–Crippen LogP) is 2.21. The van der Waals surface area contributed by atoms with E-state index in [1.165, 1.54) is 24.8 Å². The maximum absolute atomic E-state index is 4.41. The first-order valence-electron chi connectivity index (χ1n) is 6.90. The Hall–Kier alpha value is -1.51. The van der Waals surface area contributed by atoms with Crippen molar-refractivity contribution < 1.29 is 0 Å². The van der Waals surface area contributed by atoms with Crippen molar-refractivity contribution in [3.63, 3.8) is 0 Å². The molecule has 0 bridgehead atoms. The lowest BCUT2D eigenvalue weighted by molar-refractivity contribution is 0.485. The smallest absolute Gasteiger partial charge is 0.193 e. The van der Waals surface area contributed by atoms with Crippen LogP contribution in [0.3, 0.4) is 0 Å². The Labute approximate surface area is 109 Å². The van der Waals surface area contributed by atoms with Crippen molar-refractivity contribution in [3.8, 4) is 0 Å². The van der Waals surface area contributed by atoms with Gasteiger partial charge in [-0.15, -0.1) is 0 Å². The number of likely N-dealkylation sites (tertiary alicyclic amines) is 1. The molecule has 2 aliphatic rings. The Kier molecular flexibility index (Phi) is 3.22. The summed E-state index contributed by atoms with van der Waals surface area (Å²) in [6, 6.07) is 11.5. The van der Waals surface area contributed by atoms with E-state index in [-0.39, 0.29) is 0 Å². The molecule has 0 spiro atoms. The number of nitrogens with one attached hydrogen (secondary N) is 1. The Morgan fingerprint density at radius 2 is 2.00 bits per heavy atom. The third kappa shape index (κ3) is 2.50. The average molecular weight is 243 g/mol. The monoisotopic (exact) mass is 243 g/mol. The molecule has 0 amide bonds. The molecule has 1 unspecified atom stereocenters. The number of nitrogens with zero attached hydrogens (tertiary/aromatic N) is 2. The molecule has 1 aliphatic carbocycles. The number of aliphatic imine (C=N–C) groups is 1. The lowest BCUT2D eigenvalue weighted by Gasteiger charge is -2.21. The Bertz CT molecular complexity index is 423. The third-order valence-electron chi connectivity index (χ3n) is 3.88. The van der Waals surface area contributed by atoms with Gasteiger partial charge in [-0.2, -0.15) is 0 Å². The van der Waals surface area contributed by atoms with E-state index < -0.39 is 0 Å². The summed E-state index contributed by atoms with van der Waals surface area (Å²) in [5.74, 6) is 1.75. The highest BCUT2D eigenvalue weighted by atomic mass is 15.3. The molecule has 3 heteroatoms. The summed E-state index contributed by atoms with van der Waals surface area (Å²) in [5, 5.41) is 3.53. The minimum Gasteiger partial charge on any atom is -0.354 e. The van der Waals surface area contributed by atoms with Gasteiger partial charge in [0.1, 0.15) is 0 Å². The fourth-order valence-electron chi connectivity index (χ4n) is 2.66. The summed E-state index contributed by atoms with van der Waals surface area (Å²) in [5.41, 5.74) is 1.46. The molecule has 1 heterocycles. The van der Waals surface area contributed by atoms with Gasteiger partial charge >= 0.3 is 0 Å². The van der Waals surface area contributed by atoms with Gasteiger partial charge in [-0.05, 0) is 24.8 Å². The van der Waals surface area contributed by atoms with E-state index in [4.69, 9.17) is 0 Å². The third-order valence-corrected chi connectivity index (χ3v) is 3.88. The molecule has 1 saturated carbocycles. The first kappa shape index (κ1) is 11.6. The molecule has 2 fully saturated rings. The lowest BCUT2D eigenvalue weighted by Crippen LogP contribution is -2.40. The number of hydrogen-bond donors (Lipinski definition) is 1. The second-order valence-electron chi connectivity index (χ2n) is 5.31. The molecule has 3 nitrogen and oxygen atoms in total. The quantitative estimate of drug-likeness (QED) is 0.637. The molecule has 1 aliphatic heterocycles. The van der Waals surface area contributed by atoms with Crippen LogP contribution in [0.15, 0.2) is 35.3 Å². The molecule has 3 rings (SSSR count). The second-order valence-corrected chi connectivity index (χ2v) is 5.31. The van der Waals surface area contributed by atoms with E-state index in [0.717, 1.165) is 19.0 Å². The zero-order chi connectivity index (χ0) is 12.4. The zero-order valence-electron chi connectivity index (χ0n) is 11.0. The first-order valence-corrected chi connectivity index (χ1v) is 6.90. The van der Waals surface area contributed by atoms with Crippen molar-refractivity contribution in [2.45, 2.75) is 31.2 Å². The molecule has 1 saturated heterocycles. The predicted molar refractivity (Wildman–Crippen MR) is 74.9 cm³/mol. The lowest BCUT2D eigenvalue weighted by atomic mass is 9.99. The van der Waals surface area contributed by atoms with Crippen LogP contribution in [0.5, 0.6) is 0 Å². The van der Waals surface area contributed by atoms with Crippen LogP contribution in [0, 0.1) is 0 Å². The average Bonchev–Trinajstić information content (AvgIpc) is 3.11. The number of benzene rings is 1. The molecule has 1 N–H and O–H groups in total. The maximum atomic E-state index is 4.41. The van der Waals surface area contributed by atoms with Gasteiger partial charge in [-0.1, -0.05) is 30.3 Å². The van der Waals surface area contributed by atoms with Gasteiger partial charge in [-0.25, -0.2) is 0 Å². The van der Waals surface area contributed by atoms with Gasteiger partial charge in [0.2, 0.25) is 0 Å². The highest BCUT2D eigenvalue weighted by Gasteiger charge is 2.29. The zero-order valence-corrected chi connectivity index (χ0v) is 11.0. The largest absolute Gasteiger partial charge is 0.354 e. The molecular weight excluding hydrogens is 222 g/mol. The summed E-state index contributed by atoms with van der Waals surface area (Å²) >= 11 is 0. The topological polar surface area (TPSA) is 27.6 Å². The summed E-state index contributed by atoms with van der Waals surface area (Å²) in [4.78, 5) is 6.81. The standard InChI is InChI=1S/C15H21N3/c1-16-15(17-14-7-8-14)18-10-9-13(11-18)12-5-3-2-4-6-12/h2-6,13-14H,7-11H2,1H3,(H,16,17). The molecule has 1 atom stereocenters. The van der Waals surface area contributed by atoms with Gasteiger partial charge < -0.3 is 10.2 Å². The van der Waals surface area contributed by atoms with Gasteiger partial charge in [0, 0.05) is 32.1 Å². The second kappa shape index (κ2) is 5.01. The SMILES string of the molecule is CN=C(NC1CC1)N1CCC(c2ccccc2)C1. The van der Waals surface area contributed by atoms with Crippen molar-refractivity contribution in [1.29, 1.82) is 0 Å². The molecule has 1 aromatic carbocycles. The Balaban J connectivity index is 1.63. The van der Waals surface area contributed by atoms with Crippen molar-refractivity contribution in [2.24, 2.45) is 4.99 Å². The summed E-state index contributed by atoms with van der Waals surface area (Å²) in [6.45, 7) is 2.21. The molecule has 0 aromatic heterocycles. The van der Waals surface area contributed by atoms with E-state index in [2.05, 4.69) is 45.5 Å². The minimum atomic E-state index is 0.656. The van der Waals surface area contributed by atoms with Crippen LogP contribution in [-0.2, 0) is 0 Å². The fourth-order valence-corrected chi connectivity index (χ4v) is 2.66. The van der Waals surface area contributed by atoms with Crippen LogP contribution in [0.2, 0.25) is 0 Å². The summed E-state index contributed by atoms with van der Waals surface area (Å²) < 4.78 is 0. The molecule has 18 heavy (non-hydrogen) atoms. The van der Waals surface area contributed by atoms with Crippen molar-refractivity contribution >= 4 is 5.96 Å². The maximum Gasteiger partial charge on any atom is 0.193 e. The normalized spacial score (nSPS) is 24.4. The van der Waals surface area contributed by atoms with Crippen LogP contribution in [0.1, 0.15) is 30.7 Å². The minimum absolute atomic E-state index is 0.656. The fraction of sp³-hybridized carbons (Fsp3) is 0.533. The molecule has 1 aromatic rings. The van der Waals surface area contributed by atoms with Crippen LogP contribution >= 0.6 is 0 Å². The summed E-state index contributed by atoms with van der Waals surface area (Å²) in [6.07, 6.45) is 3.83. The molecular formula is C15H21N3. The highest BCUT2D eigenvalue weighted by Crippen LogP contribution is 2.27. The van der Waals surface area contributed by atoms with Crippen LogP contribution in [-0.4, -0.2) is 37.0 Å². The van der Waals surface area contributed by atoms with Gasteiger partial charge in [0.25, 0.3) is 0 Å². The number of guanidine groups is 1. The van der Waals surface area contributed by atoms with Crippen LogP contribution in [0.25, 0.3) is 0 Å². The van der Waals surface area contributed by atoms with E-state index >= 15 is 0 Å². The number of rotatable bonds is 2. The van der Waals surface area contributed by atoms with Crippen molar-refractivity contribution in [1.82, 2.24) is 10.2 Å². The van der Waals surface area contributed by atoms with Crippen LogP contribution in [0.4, 0.5) is 0 Å². The Morgan fingerprint density at radius 1 is 1.22 bits per heavy atom. The Morgan fingerprint density at radius 3 is 2.67 bits per heavy atom. The van der Waals surface area contributed by atoms with Crippen molar-refractivity contribution in [3.05, 3.63) is 35.9 Å². The van der Waals surface area contributed by atoms with Crippen LogP contribution < -0.4 is 5.32 Å². The van der Waals surface area contributed by atoms with E-state index in [1.807, 2.05) is 7.05 Å². The van der Waals surface area contributed by atoms with Gasteiger partial charge in [-0.3, -0.25) is 4.99 Å². The molecule has 0 radical (unpaired) electrons. The number of hydrogen-bond acceptors (Lipinski definition) is 1. The molecule has 96 valence electrons. The van der Waals surface area contributed by atoms with E-state index in [0.29, 0.717) is 12.0 Å². The van der Waals surface area contributed by atoms with E-state index in [9.17, 15) is 0 Å². The van der Waals surface area contributed by atoms with E-state index in [1.54, 1.807) is 0 Å². The first-order chi connectivity index (χ1) is 8.86.